The van der Waals surface area contributed by atoms with Gasteiger partial charge in [-0.2, -0.15) is 0 Å². The number of ether oxygens (including phenoxy) is 11. The minimum Gasteiger partial charge on any atom is -0.394 e. The molecule has 6 aliphatic rings. The molecule has 30 atom stereocenters. The average molecular weight is 991 g/mol. The molecule has 0 aromatic heterocycles. The first kappa shape index (κ1) is 55.1. The Labute approximate surface area is 378 Å². The van der Waals surface area contributed by atoms with E-state index in [2.05, 4.69) is 0 Å². The molecule has 20 N–H and O–H groups in total. The van der Waals surface area contributed by atoms with Crippen molar-refractivity contribution < 1.29 is 154 Å². The van der Waals surface area contributed by atoms with E-state index in [1.54, 1.807) is 0 Å². The van der Waals surface area contributed by atoms with Crippen molar-refractivity contribution in [3.05, 3.63) is 0 Å². The summed E-state index contributed by atoms with van der Waals surface area (Å²) in [6, 6.07) is 0. The number of hydrogen-bond acceptors (Lipinski definition) is 31. The van der Waals surface area contributed by atoms with Crippen molar-refractivity contribution in [1.29, 1.82) is 0 Å². The second-order valence-corrected chi connectivity index (χ2v) is 16.9. The number of hydrogen-bond donors (Lipinski definition) is 20. The Morgan fingerprint density at radius 1 is 0.254 bits per heavy atom. The molecule has 0 aromatic rings. The van der Waals surface area contributed by atoms with Gasteiger partial charge in [0, 0.05) is 0 Å². The normalized spacial score (nSPS) is 53.4. The minimum absolute atomic E-state index is 0.748. The van der Waals surface area contributed by atoms with Gasteiger partial charge in [0.05, 0.1) is 39.6 Å². The Hall–Kier alpha value is -1.24. The van der Waals surface area contributed by atoms with E-state index in [1.165, 1.54) is 0 Å². The van der Waals surface area contributed by atoms with E-state index in [-0.39, 0.29) is 0 Å². The van der Waals surface area contributed by atoms with Crippen molar-refractivity contribution >= 4 is 0 Å². The first-order valence-electron chi connectivity index (χ1n) is 21.1. The number of aliphatic hydroxyl groups is 20. The molecular weight excluding hydrogens is 928 g/mol. The second-order valence-electron chi connectivity index (χ2n) is 16.9. The highest BCUT2D eigenvalue weighted by molar-refractivity contribution is 4.98. The Bertz CT molecular complexity index is 1500. The van der Waals surface area contributed by atoms with Crippen LogP contribution < -0.4 is 0 Å². The van der Waals surface area contributed by atoms with Crippen LogP contribution in [0.3, 0.4) is 0 Å². The van der Waals surface area contributed by atoms with Gasteiger partial charge in [-0.15, -0.1) is 0 Å². The summed E-state index contributed by atoms with van der Waals surface area (Å²) in [5.74, 6) is 0. The van der Waals surface area contributed by atoms with Crippen molar-refractivity contribution in [2.75, 3.05) is 39.6 Å². The zero-order valence-corrected chi connectivity index (χ0v) is 35.0. The van der Waals surface area contributed by atoms with Crippen LogP contribution >= 0.6 is 0 Å². The number of rotatable bonds is 16. The van der Waals surface area contributed by atoms with Gasteiger partial charge in [0.1, 0.15) is 146 Å². The second kappa shape index (κ2) is 23.5. The van der Waals surface area contributed by atoms with Crippen LogP contribution in [0.25, 0.3) is 0 Å². The summed E-state index contributed by atoms with van der Waals surface area (Å²) in [6.45, 7) is -5.14. The van der Waals surface area contributed by atoms with E-state index in [9.17, 15) is 102 Å². The van der Waals surface area contributed by atoms with Gasteiger partial charge in [-0.1, -0.05) is 0 Å². The smallest absolute Gasteiger partial charge is 0.187 e. The minimum atomic E-state index is -2.15. The van der Waals surface area contributed by atoms with Gasteiger partial charge in [0.25, 0.3) is 0 Å². The molecule has 6 heterocycles. The van der Waals surface area contributed by atoms with E-state index in [0.717, 1.165) is 0 Å². The van der Waals surface area contributed by atoms with Crippen LogP contribution in [0.5, 0.6) is 0 Å². The number of aliphatic hydroxyl groups excluding tert-OH is 20. The van der Waals surface area contributed by atoms with E-state index in [4.69, 9.17) is 52.1 Å². The molecule has 6 rings (SSSR count). The molecule has 0 saturated carbocycles. The molecule has 0 aromatic carbocycles. The molecule has 6 fully saturated rings. The highest BCUT2D eigenvalue weighted by Crippen LogP contribution is 2.34. The predicted octanol–water partition coefficient (Wildman–Crippen LogP) is -14.1. The molecule has 31 heteroatoms. The molecule has 6 aliphatic heterocycles. The van der Waals surface area contributed by atoms with Crippen molar-refractivity contribution in [2.24, 2.45) is 0 Å². The predicted molar refractivity (Wildman–Crippen MR) is 199 cm³/mol. The Balaban J connectivity index is 1.16. The summed E-state index contributed by atoms with van der Waals surface area (Å²) >= 11 is 0. The molecule has 392 valence electrons. The molecule has 6 saturated heterocycles. The summed E-state index contributed by atoms with van der Waals surface area (Å²) in [4.78, 5) is 0. The van der Waals surface area contributed by atoms with Crippen LogP contribution in [0.1, 0.15) is 0 Å². The van der Waals surface area contributed by atoms with E-state index in [1.807, 2.05) is 0 Å². The summed E-state index contributed by atoms with van der Waals surface area (Å²) in [6.07, 6.45) is -56.4. The van der Waals surface area contributed by atoms with E-state index < -0.39 is 224 Å². The maximum Gasteiger partial charge on any atom is 0.187 e. The molecule has 31 nitrogen and oxygen atoms in total. The van der Waals surface area contributed by atoms with Crippen LogP contribution in [0, 0.1) is 0 Å². The fourth-order valence-electron chi connectivity index (χ4n) is 8.20. The molecule has 0 bridgehead atoms. The van der Waals surface area contributed by atoms with Gasteiger partial charge in [-0.25, -0.2) is 0 Å². The van der Waals surface area contributed by atoms with Gasteiger partial charge < -0.3 is 154 Å². The monoisotopic (exact) mass is 990 g/mol. The summed E-state index contributed by atoms with van der Waals surface area (Å²) < 4.78 is 60.5. The first-order valence-corrected chi connectivity index (χ1v) is 21.1. The van der Waals surface area contributed by atoms with Gasteiger partial charge in [-0.05, 0) is 0 Å². The molecule has 0 spiro atoms. The zero-order valence-electron chi connectivity index (χ0n) is 35.0. The van der Waals surface area contributed by atoms with Crippen molar-refractivity contribution in [3.63, 3.8) is 0 Å². The standard InChI is InChI=1S/C36H62O31/c37-1-7-13(40)18(45)24(51)32(61-7)57-4-10-15(42)20(47)25(52)33(63-10)58-6-12-17(44)30(67-35-26(53)19(46)14(41)8(2-38)62-35)28(55)34(64-12)59-5-11-16(43)21(48)27(54)36(65-11)66-29-9(3-39)60-31(56)23(50)22(29)49/h7-56H,1-6H2/t7-,8-,9-,10-,11-,12-,13-,14-,15-,16-,17-,18+,19+,20+,21+,22-,23-,24-,25-,26-,27-,28-,29-,30+,31?,32+,33+,34+,35-,36-/m1/s1. The van der Waals surface area contributed by atoms with Gasteiger partial charge >= 0.3 is 0 Å². The van der Waals surface area contributed by atoms with Crippen LogP contribution in [-0.2, 0) is 52.1 Å². The average Bonchev–Trinajstić information content (AvgIpc) is 3.31. The van der Waals surface area contributed by atoms with Crippen LogP contribution in [0.2, 0.25) is 0 Å². The van der Waals surface area contributed by atoms with Crippen LogP contribution in [0.4, 0.5) is 0 Å². The van der Waals surface area contributed by atoms with Gasteiger partial charge in [-0.3, -0.25) is 0 Å². The topological polar surface area (TPSA) is 506 Å². The van der Waals surface area contributed by atoms with Crippen LogP contribution in [-0.4, -0.2) is 326 Å². The van der Waals surface area contributed by atoms with E-state index in [0.29, 0.717) is 0 Å². The molecule has 0 radical (unpaired) electrons. The molecule has 1 unspecified atom stereocenters. The maximum absolute atomic E-state index is 11.5. The summed E-state index contributed by atoms with van der Waals surface area (Å²) in [7, 11) is 0. The summed E-state index contributed by atoms with van der Waals surface area (Å²) in [5, 5.41) is 208. The lowest BCUT2D eigenvalue weighted by Crippen LogP contribution is -2.66. The lowest BCUT2D eigenvalue weighted by Gasteiger charge is -2.47. The zero-order chi connectivity index (χ0) is 49.3. The van der Waals surface area contributed by atoms with Gasteiger partial charge in [0.2, 0.25) is 0 Å². The molecule has 67 heavy (non-hydrogen) atoms. The molecule has 0 aliphatic carbocycles. The van der Waals surface area contributed by atoms with Crippen molar-refractivity contribution in [1.82, 2.24) is 0 Å². The quantitative estimate of drug-likeness (QED) is 0.0683. The summed E-state index contributed by atoms with van der Waals surface area (Å²) in [5.41, 5.74) is 0. The highest BCUT2D eigenvalue weighted by atomic mass is 16.8. The first-order chi connectivity index (χ1) is 31.6. The van der Waals surface area contributed by atoms with E-state index >= 15 is 0 Å². The lowest BCUT2D eigenvalue weighted by atomic mass is 9.96. The fourth-order valence-corrected chi connectivity index (χ4v) is 8.20. The Kier molecular flexibility index (Phi) is 19.4. The van der Waals surface area contributed by atoms with Crippen molar-refractivity contribution in [3.8, 4) is 0 Å². The highest BCUT2D eigenvalue weighted by Gasteiger charge is 2.55. The van der Waals surface area contributed by atoms with Crippen LogP contribution in [0.15, 0.2) is 0 Å². The Morgan fingerprint density at radius 3 is 0.985 bits per heavy atom. The van der Waals surface area contributed by atoms with Gasteiger partial charge in [0.15, 0.2) is 37.7 Å². The van der Waals surface area contributed by atoms with Crippen molar-refractivity contribution in [2.45, 2.75) is 184 Å². The Morgan fingerprint density at radius 2 is 0.567 bits per heavy atom. The molecule has 0 amide bonds. The molecular formula is C36H62O31. The largest absolute Gasteiger partial charge is 0.394 e. The third-order valence-corrected chi connectivity index (χ3v) is 12.4. The fraction of sp³-hybridized carbons (Fsp3) is 1.00. The lowest BCUT2D eigenvalue weighted by molar-refractivity contribution is -0.376. The third kappa shape index (κ3) is 11.7. The third-order valence-electron chi connectivity index (χ3n) is 12.4. The SMILES string of the molecule is OC[C@H]1O[C@H](OC[C@H]2O[C@H](OC[C@H]3O[C@H](OC[C@H]4O[C@H](O[C@H]5[C@H](O)[C@@H](O)C(O)O[C@@H]5CO)[C@H](O)[C@@H](O)[C@@H]4O)[C@H](O)[C@@H](O[C@H]4O[C@H](CO)[C@@H](O)[C@H](O)[C@H]4O)[C@@H]3O)[C@H](O)[C@@H](O)[C@@H]2O)[C@H](O)[C@@H](O)[C@@H]1O. The maximum atomic E-state index is 11.5.